The fraction of sp³-hybridized carbons (Fsp3) is 0.483. The summed E-state index contributed by atoms with van der Waals surface area (Å²) in [6.07, 6.45) is -16.4. The summed E-state index contributed by atoms with van der Waals surface area (Å²) in [5.74, 6) is -1.35. The number of aliphatic hydroxyl groups excluding tert-OH is 6. The van der Waals surface area contributed by atoms with E-state index in [4.69, 9.17) is 32.8 Å². The van der Waals surface area contributed by atoms with E-state index in [0.717, 1.165) is 12.1 Å². The number of phenolic OH excluding ortho intramolecular Hbond substituents is 2. The van der Waals surface area contributed by atoms with Crippen molar-refractivity contribution in [1.29, 1.82) is 0 Å². The SMILES string of the molecule is COc1ccc(-c2oc3cc(O)cc(O)c3c(=O)c2O[C@@H]2OC(CO)[C@@H](O)C(O)C2O[C@@H]2OC(C)[C@H](O)C(O)[C@@H]2O)cc1OC. The highest BCUT2D eigenvalue weighted by atomic mass is 16.8. The molecular weight excluding hydrogens is 604 g/mol. The zero-order valence-corrected chi connectivity index (χ0v) is 24.2. The molecule has 2 aliphatic heterocycles. The molecular formula is C29H34O16. The largest absolute Gasteiger partial charge is 0.508 e. The van der Waals surface area contributed by atoms with Crippen LogP contribution in [0.2, 0.25) is 0 Å². The van der Waals surface area contributed by atoms with E-state index in [2.05, 4.69) is 0 Å². The van der Waals surface area contributed by atoms with Crippen LogP contribution in [-0.2, 0) is 14.2 Å². The Hall–Kier alpha value is -3.71. The smallest absolute Gasteiger partial charge is 0.239 e. The van der Waals surface area contributed by atoms with Crippen molar-refractivity contribution in [3.05, 3.63) is 40.6 Å². The maximum absolute atomic E-state index is 13.9. The monoisotopic (exact) mass is 638 g/mol. The molecule has 2 aromatic carbocycles. The molecule has 2 aliphatic rings. The first-order valence-corrected chi connectivity index (χ1v) is 13.8. The van der Waals surface area contributed by atoms with Crippen molar-refractivity contribution in [2.24, 2.45) is 0 Å². The maximum atomic E-state index is 13.9. The molecule has 45 heavy (non-hydrogen) atoms. The maximum Gasteiger partial charge on any atom is 0.239 e. The van der Waals surface area contributed by atoms with Gasteiger partial charge in [-0.3, -0.25) is 4.79 Å². The van der Waals surface area contributed by atoms with Crippen LogP contribution in [0.5, 0.6) is 28.7 Å². The molecule has 246 valence electrons. The third-order valence-electron chi connectivity index (χ3n) is 7.72. The molecule has 16 heteroatoms. The Kier molecular flexibility index (Phi) is 9.41. The summed E-state index contributed by atoms with van der Waals surface area (Å²) in [6.45, 7) is 0.596. The molecule has 1 aromatic heterocycles. The minimum absolute atomic E-state index is 0.189. The number of hydrogen-bond acceptors (Lipinski definition) is 16. The number of hydrogen-bond donors (Lipinski definition) is 8. The molecule has 0 aliphatic carbocycles. The summed E-state index contributed by atoms with van der Waals surface area (Å²) in [5.41, 5.74) is -0.992. The third kappa shape index (κ3) is 5.99. The summed E-state index contributed by atoms with van der Waals surface area (Å²) in [6, 6.07) is 6.45. The lowest BCUT2D eigenvalue weighted by Crippen LogP contribution is -2.64. The lowest BCUT2D eigenvalue weighted by atomic mass is 9.97. The minimum atomic E-state index is -1.88. The third-order valence-corrected chi connectivity index (χ3v) is 7.72. The van der Waals surface area contributed by atoms with Gasteiger partial charge in [-0.1, -0.05) is 0 Å². The molecule has 10 atom stereocenters. The highest BCUT2D eigenvalue weighted by molar-refractivity contribution is 5.88. The number of methoxy groups -OCH3 is 2. The van der Waals surface area contributed by atoms with Crippen LogP contribution >= 0.6 is 0 Å². The Morgan fingerprint density at radius 1 is 0.822 bits per heavy atom. The second-order valence-corrected chi connectivity index (χ2v) is 10.6. The van der Waals surface area contributed by atoms with Gasteiger partial charge < -0.3 is 73.7 Å². The van der Waals surface area contributed by atoms with Gasteiger partial charge in [0, 0.05) is 17.7 Å². The van der Waals surface area contributed by atoms with Crippen LogP contribution in [0.1, 0.15) is 6.92 Å². The second-order valence-electron chi connectivity index (χ2n) is 10.6. The van der Waals surface area contributed by atoms with Gasteiger partial charge in [0.05, 0.1) is 26.9 Å². The van der Waals surface area contributed by atoms with Crippen molar-refractivity contribution in [3.63, 3.8) is 0 Å². The van der Waals surface area contributed by atoms with Crippen LogP contribution in [0, 0.1) is 0 Å². The lowest BCUT2D eigenvalue weighted by Gasteiger charge is -2.45. The molecule has 0 bridgehead atoms. The van der Waals surface area contributed by atoms with E-state index >= 15 is 0 Å². The van der Waals surface area contributed by atoms with E-state index in [0.29, 0.717) is 5.75 Å². The lowest BCUT2D eigenvalue weighted by molar-refractivity contribution is -0.354. The van der Waals surface area contributed by atoms with Crippen LogP contribution in [0.15, 0.2) is 39.5 Å². The van der Waals surface area contributed by atoms with Crippen molar-refractivity contribution in [1.82, 2.24) is 0 Å². The van der Waals surface area contributed by atoms with Gasteiger partial charge in [-0.15, -0.1) is 0 Å². The number of phenols is 2. The summed E-state index contributed by atoms with van der Waals surface area (Å²) in [7, 11) is 2.79. The topological polar surface area (TPSA) is 247 Å². The first kappa shape index (κ1) is 32.7. The highest BCUT2D eigenvalue weighted by Crippen LogP contribution is 2.40. The zero-order valence-electron chi connectivity index (χ0n) is 24.2. The molecule has 3 aromatic rings. The standard InChI is InChI=1S/C29H34O16/c1-10-19(33)22(36)24(38)28(41-10)45-27-23(37)20(34)17(9-30)43-29(27)44-26-21(35)18-13(32)7-12(31)8-16(18)42-25(26)11-4-5-14(39-2)15(6-11)40-3/h4-8,10,17,19-20,22-24,27-34,36-38H,9H2,1-3H3/t10?,17?,19-,20+,22?,23?,24-,27?,28-,29-/m0/s1. The number of fused-ring (bicyclic) bond motifs is 1. The van der Waals surface area contributed by atoms with E-state index in [9.17, 15) is 45.6 Å². The van der Waals surface area contributed by atoms with Crippen molar-refractivity contribution in [2.75, 3.05) is 20.8 Å². The van der Waals surface area contributed by atoms with Crippen LogP contribution in [0.3, 0.4) is 0 Å². The van der Waals surface area contributed by atoms with E-state index in [1.54, 1.807) is 0 Å². The van der Waals surface area contributed by atoms with E-state index in [1.807, 2.05) is 0 Å². The van der Waals surface area contributed by atoms with Crippen molar-refractivity contribution in [2.45, 2.75) is 68.3 Å². The second kappa shape index (κ2) is 13.0. The molecule has 5 rings (SSSR count). The normalized spacial score (nSPS) is 31.9. The number of ether oxygens (including phenoxy) is 6. The van der Waals surface area contributed by atoms with Crippen molar-refractivity contribution in [3.8, 4) is 40.1 Å². The first-order valence-electron chi connectivity index (χ1n) is 13.8. The summed E-state index contributed by atoms with van der Waals surface area (Å²) in [5, 5.41) is 82.5. The number of rotatable bonds is 8. The molecule has 2 saturated heterocycles. The Labute approximate surface area is 254 Å². The molecule has 5 unspecified atom stereocenters. The first-order chi connectivity index (χ1) is 21.4. The van der Waals surface area contributed by atoms with Gasteiger partial charge in [0.1, 0.15) is 59.1 Å². The van der Waals surface area contributed by atoms with Crippen molar-refractivity contribution >= 4 is 11.0 Å². The van der Waals surface area contributed by atoms with Gasteiger partial charge >= 0.3 is 0 Å². The van der Waals surface area contributed by atoms with Gasteiger partial charge in [-0.2, -0.15) is 0 Å². The van der Waals surface area contributed by atoms with Gasteiger partial charge in [-0.05, 0) is 25.1 Å². The summed E-state index contributed by atoms with van der Waals surface area (Å²) in [4.78, 5) is 13.9. The van der Waals surface area contributed by atoms with E-state index < -0.39 is 96.1 Å². The Morgan fingerprint density at radius 3 is 2.20 bits per heavy atom. The Balaban J connectivity index is 1.63. The van der Waals surface area contributed by atoms with Crippen LogP contribution in [-0.4, -0.2) is 123 Å². The van der Waals surface area contributed by atoms with Gasteiger partial charge in [0.15, 0.2) is 29.7 Å². The fourth-order valence-corrected chi connectivity index (χ4v) is 5.24. The molecule has 0 saturated carbocycles. The minimum Gasteiger partial charge on any atom is -0.508 e. The summed E-state index contributed by atoms with van der Waals surface area (Å²) >= 11 is 0. The predicted molar refractivity (Wildman–Crippen MR) is 150 cm³/mol. The Morgan fingerprint density at radius 2 is 1.53 bits per heavy atom. The molecule has 0 spiro atoms. The van der Waals surface area contributed by atoms with E-state index in [-0.39, 0.29) is 22.7 Å². The van der Waals surface area contributed by atoms with Gasteiger partial charge in [-0.25, -0.2) is 0 Å². The quantitative estimate of drug-likeness (QED) is 0.146. The number of aliphatic hydroxyl groups is 6. The molecule has 0 radical (unpaired) electrons. The van der Waals surface area contributed by atoms with Crippen molar-refractivity contribution < 1.29 is 73.7 Å². The molecule has 2 fully saturated rings. The average molecular weight is 639 g/mol. The highest BCUT2D eigenvalue weighted by Gasteiger charge is 2.51. The molecule has 16 nitrogen and oxygen atoms in total. The number of aromatic hydroxyl groups is 2. The van der Waals surface area contributed by atoms with Crippen LogP contribution in [0.25, 0.3) is 22.3 Å². The van der Waals surface area contributed by atoms with Crippen LogP contribution < -0.4 is 19.6 Å². The molecule has 8 N–H and O–H groups in total. The molecule has 0 amide bonds. The van der Waals surface area contributed by atoms with E-state index in [1.165, 1.54) is 39.3 Å². The van der Waals surface area contributed by atoms with Crippen LogP contribution in [0.4, 0.5) is 0 Å². The zero-order chi connectivity index (χ0) is 32.7. The predicted octanol–water partition coefficient (Wildman–Crippen LogP) is -1.08. The van der Waals surface area contributed by atoms with Gasteiger partial charge in [0.25, 0.3) is 0 Å². The number of benzene rings is 2. The fourth-order valence-electron chi connectivity index (χ4n) is 5.24. The Bertz CT molecular complexity index is 1570. The van der Waals surface area contributed by atoms with Gasteiger partial charge in [0.2, 0.25) is 17.5 Å². The average Bonchev–Trinajstić information content (AvgIpc) is 3.02. The molecule has 3 heterocycles. The summed E-state index contributed by atoms with van der Waals surface area (Å²) < 4.78 is 39.5.